The minimum Gasteiger partial charge on any atom is -0.319 e. The number of nitrogens with zero attached hydrogens (tertiary/aromatic N) is 2. The molecule has 0 radical (unpaired) electrons. The fourth-order valence-corrected chi connectivity index (χ4v) is 4.23. The summed E-state index contributed by atoms with van der Waals surface area (Å²) in [7, 11) is -3.82. The van der Waals surface area contributed by atoms with E-state index < -0.39 is 15.8 Å². The largest absolute Gasteiger partial charge is 0.319 e. The van der Waals surface area contributed by atoms with Crippen LogP contribution in [0.1, 0.15) is 30.1 Å². The second kappa shape index (κ2) is 8.42. The molecule has 2 N–H and O–H groups in total. The summed E-state index contributed by atoms with van der Waals surface area (Å²) in [6, 6.07) is 10.0. The highest BCUT2D eigenvalue weighted by molar-refractivity contribution is 7.99. The number of Topliss-reactive ketones (excluding diaryl/α,β-unsaturated/α-hetero) is 1. The number of aromatic nitrogens is 2. The Morgan fingerprint density at radius 2 is 1.93 bits per heavy atom. The van der Waals surface area contributed by atoms with E-state index >= 15 is 0 Å². The zero-order chi connectivity index (χ0) is 20.3. The van der Waals surface area contributed by atoms with Gasteiger partial charge in [0.15, 0.2) is 10.9 Å². The monoisotopic (exact) mass is 421 g/mol. The minimum atomic E-state index is -3.82. The normalized spacial score (nSPS) is 11.8. The van der Waals surface area contributed by atoms with Gasteiger partial charge in [0.25, 0.3) is 0 Å². The van der Waals surface area contributed by atoms with Crippen LogP contribution in [0.3, 0.4) is 0 Å². The Hall–Kier alpha value is -2.23. The van der Waals surface area contributed by atoms with E-state index in [2.05, 4.69) is 11.9 Å². The molecule has 0 atom stereocenters. The van der Waals surface area contributed by atoms with E-state index in [1.807, 2.05) is 4.57 Å². The van der Waals surface area contributed by atoms with Gasteiger partial charge in [-0.3, -0.25) is 4.79 Å². The van der Waals surface area contributed by atoms with Crippen molar-refractivity contribution in [1.82, 2.24) is 9.55 Å². The summed E-state index contributed by atoms with van der Waals surface area (Å²) in [5, 5.41) is 5.84. The fraction of sp³-hybridized carbons (Fsp3) is 0.263. The number of thioether (sulfide) groups is 1. The van der Waals surface area contributed by atoms with Crippen LogP contribution in [0.5, 0.6) is 0 Å². The molecule has 0 aliphatic rings. The van der Waals surface area contributed by atoms with Gasteiger partial charge in [0.2, 0.25) is 10.0 Å². The van der Waals surface area contributed by atoms with Gasteiger partial charge in [-0.1, -0.05) is 25.1 Å². The third kappa shape index (κ3) is 4.60. The van der Waals surface area contributed by atoms with Crippen LogP contribution in [0.15, 0.2) is 52.5 Å². The van der Waals surface area contributed by atoms with Gasteiger partial charge in [-0.25, -0.2) is 22.9 Å². The molecule has 0 amide bonds. The predicted molar refractivity (Wildman–Crippen MR) is 107 cm³/mol. The topological polar surface area (TPSA) is 95.0 Å². The van der Waals surface area contributed by atoms with Gasteiger partial charge in [0, 0.05) is 12.1 Å². The van der Waals surface area contributed by atoms with Crippen molar-refractivity contribution >= 4 is 38.6 Å². The highest BCUT2D eigenvalue weighted by Gasteiger charge is 2.16. The van der Waals surface area contributed by atoms with E-state index in [-0.39, 0.29) is 16.4 Å². The van der Waals surface area contributed by atoms with Gasteiger partial charge in [-0.05, 0) is 48.9 Å². The lowest BCUT2D eigenvalue weighted by molar-refractivity contribution is 0.102. The van der Waals surface area contributed by atoms with E-state index in [0.29, 0.717) is 22.8 Å². The first-order valence-corrected chi connectivity index (χ1v) is 11.3. The first-order valence-electron chi connectivity index (χ1n) is 8.74. The molecule has 3 aromatic rings. The Balaban J connectivity index is 1.89. The van der Waals surface area contributed by atoms with Crippen LogP contribution in [0.25, 0.3) is 11.0 Å². The molecule has 9 heteroatoms. The van der Waals surface area contributed by atoms with Crippen LogP contribution < -0.4 is 5.14 Å². The van der Waals surface area contributed by atoms with Crippen LogP contribution in [-0.4, -0.2) is 29.5 Å². The second-order valence-electron chi connectivity index (χ2n) is 6.31. The average Bonchev–Trinajstić information content (AvgIpc) is 3.01. The third-order valence-corrected chi connectivity index (χ3v) is 6.13. The molecule has 0 unspecified atom stereocenters. The number of unbranched alkanes of at least 4 members (excludes halogenated alkanes) is 1. The summed E-state index contributed by atoms with van der Waals surface area (Å²) in [6.07, 6.45) is 1.90. The van der Waals surface area contributed by atoms with Crippen molar-refractivity contribution < 1.29 is 17.6 Å². The van der Waals surface area contributed by atoms with Crippen molar-refractivity contribution in [1.29, 1.82) is 0 Å². The number of primary sulfonamides is 1. The molecule has 0 spiro atoms. The maximum atomic E-state index is 13.0. The molecular weight excluding hydrogens is 401 g/mol. The molecular formula is C19H20FN3O3S2. The van der Waals surface area contributed by atoms with Gasteiger partial charge in [0.1, 0.15) is 5.82 Å². The molecule has 0 aliphatic carbocycles. The average molecular weight is 422 g/mol. The van der Waals surface area contributed by atoms with E-state index in [9.17, 15) is 17.6 Å². The standard InChI is InChI=1S/C19H20FN3O3S2/c1-2-3-10-23-17-9-8-15(28(21,25)26)11-16(17)22-19(23)27-12-18(24)13-4-6-14(20)7-5-13/h4-9,11H,2-3,10,12H2,1H3,(H2,21,25,26). The van der Waals surface area contributed by atoms with Crippen LogP contribution in [0.4, 0.5) is 4.39 Å². The zero-order valence-electron chi connectivity index (χ0n) is 15.3. The number of halogens is 1. The molecule has 3 rings (SSSR count). The molecule has 2 aromatic carbocycles. The summed E-state index contributed by atoms with van der Waals surface area (Å²) < 4.78 is 38.2. The molecule has 6 nitrogen and oxygen atoms in total. The van der Waals surface area contributed by atoms with Crippen LogP contribution in [0.2, 0.25) is 0 Å². The summed E-state index contributed by atoms with van der Waals surface area (Å²) in [5.41, 5.74) is 1.73. The Kier molecular flexibility index (Phi) is 6.17. The van der Waals surface area contributed by atoms with Crippen molar-refractivity contribution in [2.75, 3.05) is 5.75 Å². The van der Waals surface area contributed by atoms with E-state index in [1.165, 1.54) is 48.2 Å². The Morgan fingerprint density at radius 3 is 2.57 bits per heavy atom. The van der Waals surface area contributed by atoms with Gasteiger partial charge in [-0.2, -0.15) is 0 Å². The number of nitrogens with two attached hydrogens (primary N) is 1. The number of carbonyl (C=O) groups excluding carboxylic acids is 1. The quantitative estimate of drug-likeness (QED) is 0.443. The summed E-state index contributed by atoms with van der Waals surface area (Å²) in [6.45, 7) is 2.78. The molecule has 0 saturated carbocycles. The van der Waals surface area contributed by atoms with Crippen molar-refractivity contribution in [3.05, 3.63) is 53.8 Å². The SMILES string of the molecule is CCCCn1c(SCC(=O)c2ccc(F)cc2)nc2cc(S(N)(=O)=O)ccc21. The van der Waals surface area contributed by atoms with E-state index in [1.54, 1.807) is 6.07 Å². The maximum Gasteiger partial charge on any atom is 0.238 e. The van der Waals surface area contributed by atoms with Crippen LogP contribution >= 0.6 is 11.8 Å². The number of hydrogen-bond acceptors (Lipinski definition) is 5. The number of sulfonamides is 1. The molecule has 0 bridgehead atoms. The molecule has 0 saturated heterocycles. The number of imidazole rings is 1. The third-order valence-electron chi connectivity index (χ3n) is 4.25. The van der Waals surface area contributed by atoms with E-state index in [0.717, 1.165) is 18.4 Å². The Labute approximate surface area is 167 Å². The van der Waals surface area contributed by atoms with Crippen LogP contribution in [-0.2, 0) is 16.6 Å². The first kappa shape index (κ1) is 20.5. The van der Waals surface area contributed by atoms with Gasteiger partial charge in [-0.15, -0.1) is 0 Å². The van der Waals surface area contributed by atoms with Gasteiger partial charge < -0.3 is 4.57 Å². The number of fused-ring (bicyclic) bond motifs is 1. The summed E-state index contributed by atoms with van der Waals surface area (Å²) in [4.78, 5) is 16.9. The summed E-state index contributed by atoms with van der Waals surface area (Å²) >= 11 is 1.27. The molecule has 148 valence electrons. The van der Waals surface area contributed by atoms with Crippen molar-refractivity contribution in [2.45, 2.75) is 36.4 Å². The lowest BCUT2D eigenvalue weighted by Gasteiger charge is -2.08. The van der Waals surface area contributed by atoms with Crippen LogP contribution in [0, 0.1) is 5.82 Å². The number of ketones is 1. The Morgan fingerprint density at radius 1 is 1.21 bits per heavy atom. The highest BCUT2D eigenvalue weighted by Crippen LogP contribution is 2.27. The molecule has 0 fully saturated rings. The number of benzene rings is 2. The number of rotatable bonds is 8. The zero-order valence-corrected chi connectivity index (χ0v) is 16.9. The lowest BCUT2D eigenvalue weighted by atomic mass is 10.1. The number of carbonyl (C=O) groups is 1. The number of hydrogen-bond donors (Lipinski definition) is 1. The van der Waals surface area contributed by atoms with Crippen molar-refractivity contribution in [2.24, 2.45) is 5.14 Å². The minimum absolute atomic E-state index is 0.000852. The van der Waals surface area contributed by atoms with Gasteiger partial charge >= 0.3 is 0 Å². The molecule has 1 heterocycles. The maximum absolute atomic E-state index is 13.0. The highest BCUT2D eigenvalue weighted by atomic mass is 32.2. The van der Waals surface area contributed by atoms with Crippen molar-refractivity contribution in [3.63, 3.8) is 0 Å². The van der Waals surface area contributed by atoms with E-state index in [4.69, 9.17) is 5.14 Å². The first-order chi connectivity index (χ1) is 13.3. The molecule has 28 heavy (non-hydrogen) atoms. The lowest BCUT2D eigenvalue weighted by Crippen LogP contribution is -2.11. The fourth-order valence-electron chi connectivity index (χ4n) is 2.76. The van der Waals surface area contributed by atoms with Gasteiger partial charge in [0.05, 0.1) is 21.7 Å². The predicted octanol–water partition coefficient (Wildman–Crippen LogP) is 3.60. The smallest absolute Gasteiger partial charge is 0.238 e. The molecule has 0 aliphatic heterocycles. The number of aryl methyl sites for hydroxylation is 1. The summed E-state index contributed by atoms with van der Waals surface area (Å²) in [5.74, 6) is -0.385. The molecule has 1 aromatic heterocycles. The van der Waals surface area contributed by atoms with Crippen molar-refractivity contribution in [3.8, 4) is 0 Å². The Bertz CT molecular complexity index is 1110. The second-order valence-corrected chi connectivity index (χ2v) is 8.82.